The van der Waals surface area contributed by atoms with Gasteiger partial charge in [-0.25, -0.2) is 15.0 Å². The van der Waals surface area contributed by atoms with Crippen molar-refractivity contribution < 1.29 is 19.7 Å². The van der Waals surface area contributed by atoms with Crippen molar-refractivity contribution >= 4 is 17.0 Å². The van der Waals surface area contributed by atoms with Crippen LogP contribution in [0.1, 0.15) is 12.6 Å². The zero-order chi connectivity index (χ0) is 15.8. The van der Waals surface area contributed by atoms with E-state index in [4.69, 9.17) is 9.47 Å². The van der Waals surface area contributed by atoms with E-state index in [-0.39, 0.29) is 12.8 Å². The first-order valence-corrected chi connectivity index (χ1v) is 7.72. The Morgan fingerprint density at radius 2 is 2.04 bits per heavy atom. The van der Waals surface area contributed by atoms with Crippen LogP contribution in [0.5, 0.6) is 0 Å². The van der Waals surface area contributed by atoms with Gasteiger partial charge in [0, 0.05) is 19.5 Å². The molecule has 3 atom stereocenters. The van der Waals surface area contributed by atoms with Gasteiger partial charge < -0.3 is 24.6 Å². The number of anilines is 1. The van der Waals surface area contributed by atoms with Gasteiger partial charge in [0.2, 0.25) is 0 Å². The van der Waals surface area contributed by atoms with E-state index < -0.39 is 12.2 Å². The predicted octanol–water partition coefficient (Wildman–Crippen LogP) is -0.696. The Morgan fingerprint density at radius 3 is 2.78 bits per heavy atom. The predicted molar refractivity (Wildman–Crippen MR) is 80.0 cm³/mol. The maximum absolute atomic E-state index is 9.92. The normalized spacial score (nSPS) is 28.6. The molecular formula is C14H19N5O4. The molecule has 4 rings (SSSR count). The van der Waals surface area contributed by atoms with Gasteiger partial charge in [0.25, 0.3) is 0 Å². The number of aliphatic hydroxyl groups is 2. The lowest BCUT2D eigenvalue weighted by molar-refractivity contribution is -0.0432. The summed E-state index contributed by atoms with van der Waals surface area (Å²) in [5.74, 6) is 0.786. The van der Waals surface area contributed by atoms with Crippen molar-refractivity contribution in [1.29, 1.82) is 0 Å². The third-order valence-corrected chi connectivity index (χ3v) is 4.34. The van der Waals surface area contributed by atoms with Gasteiger partial charge in [-0.15, -0.1) is 0 Å². The number of aliphatic hydroxyl groups excluding tert-OH is 2. The molecule has 9 nitrogen and oxygen atoms in total. The van der Waals surface area contributed by atoms with Crippen molar-refractivity contribution in [2.45, 2.75) is 24.9 Å². The third kappa shape index (κ3) is 2.55. The first-order chi connectivity index (χ1) is 11.3. The van der Waals surface area contributed by atoms with E-state index in [9.17, 15) is 10.2 Å². The molecule has 2 saturated heterocycles. The largest absolute Gasteiger partial charge is 0.394 e. The molecule has 23 heavy (non-hydrogen) atoms. The lowest BCUT2D eigenvalue weighted by Gasteiger charge is -2.27. The molecule has 2 aromatic rings. The smallest absolute Gasteiger partial charge is 0.167 e. The van der Waals surface area contributed by atoms with E-state index in [1.165, 1.54) is 6.33 Å². The standard InChI is InChI=1S/C14H19N5O4/c20-6-10-9(21)5-11(23-10)19-8-17-12-13(15-7-16-14(12)19)18-1-3-22-4-2-18/h7-11,20-21H,1-6H2/t9-,10+,11+/m0/s1. The number of imidazole rings is 1. The second kappa shape index (κ2) is 6.00. The first kappa shape index (κ1) is 14.8. The van der Waals surface area contributed by atoms with Crippen LogP contribution >= 0.6 is 0 Å². The van der Waals surface area contributed by atoms with E-state index in [0.29, 0.717) is 30.8 Å². The van der Waals surface area contributed by atoms with Crippen LogP contribution in [0.4, 0.5) is 5.82 Å². The summed E-state index contributed by atoms with van der Waals surface area (Å²) in [6.45, 7) is 2.66. The minimum absolute atomic E-state index is 0.210. The molecular weight excluding hydrogens is 302 g/mol. The fraction of sp³-hybridized carbons (Fsp3) is 0.643. The number of aromatic nitrogens is 4. The molecule has 9 heteroatoms. The van der Waals surface area contributed by atoms with Crippen LogP contribution in [0.3, 0.4) is 0 Å². The Balaban J connectivity index is 1.68. The molecule has 0 radical (unpaired) electrons. The first-order valence-electron chi connectivity index (χ1n) is 7.72. The maximum Gasteiger partial charge on any atom is 0.167 e. The van der Waals surface area contributed by atoms with Crippen molar-refractivity contribution in [1.82, 2.24) is 19.5 Å². The van der Waals surface area contributed by atoms with Gasteiger partial charge in [0.15, 0.2) is 17.0 Å². The lowest BCUT2D eigenvalue weighted by atomic mass is 10.2. The number of rotatable bonds is 3. The fourth-order valence-electron chi connectivity index (χ4n) is 3.11. The van der Waals surface area contributed by atoms with E-state index in [2.05, 4.69) is 19.9 Å². The second-order valence-electron chi connectivity index (χ2n) is 5.74. The van der Waals surface area contributed by atoms with Crippen LogP contribution in [0.25, 0.3) is 11.2 Å². The Morgan fingerprint density at radius 1 is 1.22 bits per heavy atom. The maximum atomic E-state index is 9.92. The Bertz CT molecular complexity index is 687. The number of fused-ring (bicyclic) bond motifs is 1. The molecule has 2 N–H and O–H groups in total. The minimum Gasteiger partial charge on any atom is -0.394 e. The molecule has 0 spiro atoms. The van der Waals surface area contributed by atoms with Gasteiger partial charge in [-0.2, -0.15) is 0 Å². The molecule has 2 aromatic heterocycles. The zero-order valence-corrected chi connectivity index (χ0v) is 12.6. The molecule has 0 unspecified atom stereocenters. The molecule has 0 bridgehead atoms. The summed E-state index contributed by atoms with van der Waals surface area (Å²) < 4.78 is 12.9. The molecule has 124 valence electrons. The van der Waals surface area contributed by atoms with Crippen LogP contribution in [-0.2, 0) is 9.47 Å². The average Bonchev–Trinajstić information content (AvgIpc) is 3.18. The van der Waals surface area contributed by atoms with Crippen molar-refractivity contribution in [3.8, 4) is 0 Å². The average molecular weight is 321 g/mol. The summed E-state index contributed by atoms with van der Waals surface area (Å²) in [6, 6.07) is 0. The number of ether oxygens (including phenoxy) is 2. The number of nitrogens with zero attached hydrogens (tertiary/aromatic N) is 5. The van der Waals surface area contributed by atoms with Crippen molar-refractivity contribution in [3.05, 3.63) is 12.7 Å². The summed E-state index contributed by atoms with van der Waals surface area (Å²) in [7, 11) is 0. The summed E-state index contributed by atoms with van der Waals surface area (Å²) in [4.78, 5) is 15.3. The molecule has 0 aromatic carbocycles. The zero-order valence-electron chi connectivity index (χ0n) is 12.6. The quantitative estimate of drug-likeness (QED) is 0.765. The monoisotopic (exact) mass is 321 g/mol. The molecule has 0 saturated carbocycles. The summed E-state index contributed by atoms with van der Waals surface area (Å²) in [5, 5.41) is 19.1. The second-order valence-corrected chi connectivity index (χ2v) is 5.74. The van der Waals surface area contributed by atoms with Gasteiger partial charge in [0.1, 0.15) is 18.7 Å². The van der Waals surface area contributed by atoms with E-state index in [0.717, 1.165) is 18.9 Å². The lowest BCUT2D eigenvalue weighted by Crippen LogP contribution is -2.37. The van der Waals surface area contributed by atoms with Crippen molar-refractivity contribution in [3.63, 3.8) is 0 Å². The topological polar surface area (TPSA) is 106 Å². The minimum atomic E-state index is -0.692. The van der Waals surface area contributed by atoms with E-state index >= 15 is 0 Å². The molecule has 2 aliphatic rings. The highest BCUT2D eigenvalue weighted by atomic mass is 16.5. The van der Waals surface area contributed by atoms with E-state index in [1.807, 2.05) is 0 Å². The van der Waals surface area contributed by atoms with Crippen LogP contribution in [-0.4, -0.2) is 74.9 Å². The number of morpholine rings is 1. The Kier molecular flexibility index (Phi) is 3.85. The van der Waals surface area contributed by atoms with Crippen molar-refractivity contribution in [2.75, 3.05) is 37.8 Å². The van der Waals surface area contributed by atoms with Crippen LogP contribution in [0.2, 0.25) is 0 Å². The Labute approximate surface area is 132 Å². The van der Waals surface area contributed by atoms with Gasteiger partial charge in [-0.3, -0.25) is 4.57 Å². The van der Waals surface area contributed by atoms with Crippen molar-refractivity contribution in [2.24, 2.45) is 0 Å². The molecule has 0 aliphatic carbocycles. The molecule has 2 fully saturated rings. The van der Waals surface area contributed by atoms with Gasteiger partial charge in [0.05, 0.1) is 32.3 Å². The summed E-state index contributed by atoms with van der Waals surface area (Å²) in [6.07, 6.45) is 1.91. The fourth-order valence-corrected chi connectivity index (χ4v) is 3.11. The van der Waals surface area contributed by atoms with Gasteiger partial charge >= 0.3 is 0 Å². The highest BCUT2D eigenvalue weighted by Crippen LogP contribution is 2.32. The van der Waals surface area contributed by atoms with Crippen LogP contribution < -0.4 is 4.90 Å². The summed E-state index contributed by atoms with van der Waals surface area (Å²) >= 11 is 0. The Hall–Kier alpha value is -1.81. The van der Waals surface area contributed by atoms with E-state index in [1.54, 1.807) is 10.9 Å². The van der Waals surface area contributed by atoms with Gasteiger partial charge in [-0.1, -0.05) is 0 Å². The number of hydrogen-bond acceptors (Lipinski definition) is 8. The van der Waals surface area contributed by atoms with Crippen LogP contribution in [0.15, 0.2) is 12.7 Å². The molecule has 4 heterocycles. The molecule has 0 amide bonds. The molecule has 2 aliphatic heterocycles. The SMILES string of the molecule is OC[C@H]1O[C@@H](n2cnc3c(N4CCOCC4)ncnc32)C[C@@H]1O. The number of hydrogen-bond donors (Lipinski definition) is 2. The third-order valence-electron chi connectivity index (χ3n) is 4.34. The highest BCUT2D eigenvalue weighted by molar-refractivity contribution is 5.83. The van der Waals surface area contributed by atoms with Gasteiger partial charge in [-0.05, 0) is 0 Å². The van der Waals surface area contributed by atoms with Crippen LogP contribution in [0, 0.1) is 0 Å². The highest BCUT2D eigenvalue weighted by Gasteiger charge is 2.35. The summed E-state index contributed by atoms with van der Waals surface area (Å²) in [5.41, 5.74) is 1.37.